The van der Waals surface area contributed by atoms with E-state index < -0.39 is 0 Å². The van der Waals surface area contributed by atoms with E-state index in [0.717, 1.165) is 85.3 Å². The molecule has 5 rings (SSSR count). The van der Waals surface area contributed by atoms with Gasteiger partial charge in [0.05, 0.1) is 28.3 Å². The van der Waals surface area contributed by atoms with E-state index in [1.54, 1.807) is 0 Å². The summed E-state index contributed by atoms with van der Waals surface area (Å²) in [6.07, 6.45) is 16.3. The predicted octanol–water partition coefficient (Wildman–Crippen LogP) is 8.39. The fourth-order valence-electron chi connectivity index (χ4n) is 5.61. The van der Waals surface area contributed by atoms with Crippen LogP contribution in [0.15, 0.2) is 30.3 Å². The number of hydrogen-bond donors (Lipinski definition) is 1. The van der Waals surface area contributed by atoms with Gasteiger partial charge in [-0.1, -0.05) is 47.0 Å². The van der Waals surface area contributed by atoms with E-state index in [4.69, 9.17) is 9.97 Å². The number of nitrogens with one attached hydrogen (secondary N) is 1. The molecule has 0 spiro atoms. The molecule has 0 atom stereocenters. The van der Waals surface area contributed by atoms with Crippen molar-refractivity contribution < 1.29 is 17.1 Å². The molecule has 0 saturated heterocycles. The fraction of sp³-hybridized carbons (Fsp3) is 0.375. The van der Waals surface area contributed by atoms with Crippen LogP contribution in [-0.2, 0) is 42.9 Å². The molecule has 0 amide bonds. The molecule has 194 valence electrons. The number of rotatable bonds is 8. The zero-order valence-electron chi connectivity index (χ0n) is 22.5. The van der Waals surface area contributed by atoms with Crippen molar-refractivity contribution in [1.82, 2.24) is 19.5 Å². The Labute approximate surface area is 231 Å². The number of aryl methyl sites for hydroxylation is 4. The molecule has 3 aromatic heterocycles. The number of aromatic nitrogens is 4. The summed E-state index contributed by atoms with van der Waals surface area (Å²) in [5.74, 6) is 0. The van der Waals surface area contributed by atoms with Gasteiger partial charge in [-0.2, -0.15) is 0 Å². The second kappa shape index (κ2) is 12.1. The van der Waals surface area contributed by atoms with Gasteiger partial charge in [-0.15, -0.1) is 0 Å². The Morgan fingerprint density at radius 1 is 0.649 bits per heavy atom. The van der Waals surface area contributed by atoms with Crippen LogP contribution < -0.4 is 0 Å². The van der Waals surface area contributed by atoms with Crippen LogP contribution in [0, 0.1) is 0 Å². The van der Waals surface area contributed by atoms with Gasteiger partial charge in [0, 0.05) is 45.7 Å². The Hall–Kier alpha value is -2.88. The molecule has 2 aliphatic heterocycles. The first-order valence-electron chi connectivity index (χ1n) is 13.8. The summed E-state index contributed by atoms with van der Waals surface area (Å²) in [7, 11) is 0. The molecular formula is C32H38FeN4. The first-order chi connectivity index (χ1) is 17.6. The Morgan fingerprint density at radius 3 is 1.86 bits per heavy atom. The third-order valence-corrected chi connectivity index (χ3v) is 7.03. The van der Waals surface area contributed by atoms with E-state index in [2.05, 4.69) is 91.9 Å². The molecule has 0 unspecified atom stereocenters. The fourth-order valence-corrected chi connectivity index (χ4v) is 5.61. The van der Waals surface area contributed by atoms with E-state index >= 15 is 0 Å². The molecule has 4 nitrogen and oxygen atoms in total. The summed E-state index contributed by atoms with van der Waals surface area (Å²) < 4.78 is 2.60. The van der Waals surface area contributed by atoms with Crippen LogP contribution in [-0.4, -0.2) is 19.5 Å². The van der Waals surface area contributed by atoms with Crippen LogP contribution in [0.1, 0.15) is 92.8 Å². The number of H-pyrrole nitrogens is 1. The van der Waals surface area contributed by atoms with E-state index in [1.165, 1.54) is 27.7 Å². The Balaban J connectivity index is 0.00000320. The maximum absolute atomic E-state index is 5.14. The first kappa shape index (κ1) is 27.2. The second-order valence-electron chi connectivity index (χ2n) is 9.92. The quantitative estimate of drug-likeness (QED) is 0.203. The van der Waals surface area contributed by atoms with E-state index in [9.17, 15) is 0 Å². The molecule has 37 heavy (non-hydrogen) atoms. The summed E-state index contributed by atoms with van der Waals surface area (Å²) in [6.45, 7) is 10.2. The van der Waals surface area contributed by atoms with Crippen LogP contribution in [0.5, 0.6) is 0 Å². The number of aromatic amines is 1. The third kappa shape index (κ3) is 5.54. The summed E-state index contributed by atoms with van der Waals surface area (Å²) in [5.41, 5.74) is 13.4. The van der Waals surface area contributed by atoms with Crippen molar-refractivity contribution in [2.45, 2.75) is 79.2 Å². The molecule has 0 aromatic carbocycles. The zero-order chi connectivity index (χ0) is 25.1. The van der Waals surface area contributed by atoms with Crippen molar-refractivity contribution in [2.75, 3.05) is 0 Å². The molecule has 5 heteroatoms. The Kier molecular flexibility index (Phi) is 8.89. The van der Waals surface area contributed by atoms with Crippen molar-refractivity contribution in [3.05, 3.63) is 69.8 Å². The van der Waals surface area contributed by atoms with E-state index in [-0.39, 0.29) is 17.1 Å². The molecule has 0 radical (unpaired) electrons. The zero-order valence-corrected chi connectivity index (χ0v) is 23.7. The number of hydrogen-bond acceptors (Lipinski definition) is 2. The molecule has 0 aliphatic carbocycles. The maximum atomic E-state index is 5.14. The minimum atomic E-state index is 0. The summed E-state index contributed by atoms with van der Waals surface area (Å²) in [6, 6.07) is 10.8. The van der Waals surface area contributed by atoms with Crippen molar-refractivity contribution in [1.29, 1.82) is 0 Å². The van der Waals surface area contributed by atoms with Gasteiger partial charge in [0.25, 0.3) is 0 Å². The van der Waals surface area contributed by atoms with Crippen molar-refractivity contribution in [3.63, 3.8) is 0 Å². The average Bonchev–Trinajstić information content (AvgIpc) is 3.65. The smallest absolute Gasteiger partial charge is 0.0690 e. The normalized spacial score (nSPS) is 12.2. The molecule has 1 N–H and O–H groups in total. The van der Waals surface area contributed by atoms with Gasteiger partial charge in [0.1, 0.15) is 0 Å². The van der Waals surface area contributed by atoms with Gasteiger partial charge in [-0.05, 0) is 91.4 Å². The Bertz CT molecular complexity index is 1490. The van der Waals surface area contributed by atoms with Crippen molar-refractivity contribution >= 4 is 46.4 Å². The Morgan fingerprint density at radius 2 is 1.22 bits per heavy atom. The molecular weight excluding hydrogens is 496 g/mol. The van der Waals surface area contributed by atoms with Crippen LogP contribution >= 0.6 is 0 Å². The van der Waals surface area contributed by atoms with Crippen molar-refractivity contribution in [3.8, 4) is 0 Å². The predicted molar refractivity (Wildman–Crippen MR) is 155 cm³/mol. The molecule has 5 heterocycles. The van der Waals surface area contributed by atoms with Gasteiger partial charge in [0.15, 0.2) is 0 Å². The van der Waals surface area contributed by atoms with E-state index in [0.29, 0.717) is 0 Å². The van der Waals surface area contributed by atoms with Crippen LogP contribution in [0.4, 0.5) is 0 Å². The van der Waals surface area contributed by atoms with E-state index in [1.807, 2.05) is 0 Å². The summed E-state index contributed by atoms with van der Waals surface area (Å²) in [4.78, 5) is 13.6. The number of nitrogens with zero attached hydrogens (tertiary/aromatic N) is 3. The summed E-state index contributed by atoms with van der Waals surface area (Å²) in [5, 5.41) is 0. The molecule has 2 aliphatic rings. The van der Waals surface area contributed by atoms with Gasteiger partial charge in [-0.25, -0.2) is 9.97 Å². The standard InChI is InChI=1S/C32H38N4.Fe/c1-5-9-27-28(10-6-2)32-29(11-7-3)30-17-16-25(35-30)20-24-13-12-22(33-24)19-23-14-15-26(34-23)21-31(27)36(32)18-8-4;/h12-17,19-21,33H,5-11,18H2,1-4H3;. The van der Waals surface area contributed by atoms with Gasteiger partial charge >= 0.3 is 0 Å². The third-order valence-electron chi connectivity index (χ3n) is 7.03. The SMILES string of the molecule is CCCc1c(CCC)c2c(CCC)c3nc(cc4ccc(cc5nc(cc1n2CCC)C=C5)[nH]4)C=C3.[Fe]. The average molecular weight is 535 g/mol. The monoisotopic (exact) mass is 534 g/mol. The van der Waals surface area contributed by atoms with Crippen LogP contribution in [0.25, 0.3) is 46.4 Å². The molecule has 0 saturated carbocycles. The summed E-state index contributed by atoms with van der Waals surface area (Å²) >= 11 is 0. The molecule has 3 aromatic rings. The minimum absolute atomic E-state index is 0. The number of fused-ring (bicyclic) bond motifs is 8. The first-order valence-corrected chi connectivity index (χ1v) is 13.8. The largest absolute Gasteiger partial charge is 0.355 e. The second-order valence-corrected chi connectivity index (χ2v) is 9.92. The van der Waals surface area contributed by atoms with Gasteiger partial charge in [-0.3, -0.25) is 0 Å². The topological polar surface area (TPSA) is 46.5 Å². The van der Waals surface area contributed by atoms with Crippen LogP contribution in [0.3, 0.4) is 0 Å². The minimum Gasteiger partial charge on any atom is -0.355 e. The molecule has 0 fully saturated rings. The van der Waals surface area contributed by atoms with Gasteiger partial charge < -0.3 is 9.55 Å². The molecule has 8 bridgehead atoms. The van der Waals surface area contributed by atoms with Crippen LogP contribution in [0.2, 0.25) is 0 Å². The van der Waals surface area contributed by atoms with Gasteiger partial charge in [0.2, 0.25) is 0 Å². The van der Waals surface area contributed by atoms with Crippen molar-refractivity contribution in [2.24, 2.45) is 0 Å². The maximum Gasteiger partial charge on any atom is 0.0690 e.